The van der Waals surface area contributed by atoms with Gasteiger partial charge in [0.1, 0.15) is 0 Å². The van der Waals surface area contributed by atoms with Gasteiger partial charge in [0.05, 0.1) is 13.2 Å². The highest BCUT2D eigenvalue weighted by Gasteiger charge is 2.09. The van der Waals surface area contributed by atoms with Crippen molar-refractivity contribution in [2.24, 2.45) is 0 Å². The molecule has 0 unspecified atom stereocenters. The Morgan fingerprint density at radius 1 is 0.773 bits per heavy atom. The van der Waals surface area contributed by atoms with Crippen LogP contribution in [0.4, 0.5) is 0 Å². The summed E-state index contributed by atoms with van der Waals surface area (Å²) in [5.74, 6) is 0. The Hall–Kier alpha value is -2.14. The molecule has 3 rings (SSSR count). The summed E-state index contributed by atoms with van der Waals surface area (Å²) in [6.07, 6.45) is 0. The lowest BCUT2D eigenvalue weighted by atomic mass is 9.80. The van der Waals surface area contributed by atoms with Crippen molar-refractivity contribution in [1.29, 1.82) is 0 Å². The monoisotopic (exact) mass is 292 g/mol. The van der Waals surface area contributed by atoms with Gasteiger partial charge in [0.15, 0.2) is 0 Å². The van der Waals surface area contributed by atoms with Crippen molar-refractivity contribution in [1.82, 2.24) is 0 Å². The maximum atomic E-state index is 9.06. The Bertz CT molecular complexity index is 748. The molecule has 0 heterocycles. The van der Waals surface area contributed by atoms with Gasteiger partial charge in [0.25, 0.3) is 0 Å². The molecule has 0 fully saturated rings. The highest BCUT2D eigenvalue weighted by atomic mass is 16.5. The standard InChI is InChI=1S/C18H17BO3/c20-19(21)17-10-8-14(9-11-17)12-22-13-16-6-3-5-15-4-1-2-7-18(15)16/h1-11,20-21H,12-13H2. The lowest BCUT2D eigenvalue weighted by molar-refractivity contribution is 0.108. The van der Waals surface area contributed by atoms with Crippen molar-refractivity contribution in [3.05, 3.63) is 77.9 Å². The molecule has 0 spiro atoms. The van der Waals surface area contributed by atoms with E-state index in [1.54, 1.807) is 12.1 Å². The first kappa shape index (κ1) is 14.8. The third-order valence-corrected chi connectivity index (χ3v) is 3.68. The second kappa shape index (κ2) is 6.75. The lowest BCUT2D eigenvalue weighted by Gasteiger charge is -2.08. The normalized spacial score (nSPS) is 10.8. The highest BCUT2D eigenvalue weighted by molar-refractivity contribution is 6.58. The molecule has 3 nitrogen and oxygen atoms in total. The van der Waals surface area contributed by atoms with Crippen LogP contribution in [0.25, 0.3) is 10.8 Å². The Morgan fingerprint density at radius 3 is 2.27 bits per heavy atom. The summed E-state index contributed by atoms with van der Waals surface area (Å²) in [4.78, 5) is 0. The van der Waals surface area contributed by atoms with Crippen LogP contribution in [0.1, 0.15) is 11.1 Å². The summed E-state index contributed by atoms with van der Waals surface area (Å²) >= 11 is 0. The van der Waals surface area contributed by atoms with Gasteiger partial charge in [-0.05, 0) is 27.4 Å². The molecular formula is C18H17BO3. The van der Waals surface area contributed by atoms with E-state index in [-0.39, 0.29) is 0 Å². The summed E-state index contributed by atoms with van der Waals surface area (Å²) in [5, 5.41) is 20.6. The molecule has 3 aromatic rings. The smallest absolute Gasteiger partial charge is 0.423 e. The van der Waals surface area contributed by atoms with Crippen molar-refractivity contribution in [3.63, 3.8) is 0 Å². The van der Waals surface area contributed by atoms with Gasteiger partial charge in [-0.3, -0.25) is 0 Å². The molecular weight excluding hydrogens is 275 g/mol. The van der Waals surface area contributed by atoms with Crippen molar-refractivity contribution in [2.75, 3.05) is 0 Å². The van der Waals surface area contributed by atoms with E-state index >= 15 is 0 Å². The van der Waals surface area contributed by atoms with E-state index in [1.807, 2.05) is 30.3 Å². The van der Waals surface area contributed by atoms with Gasteiger partial charge >= 0.3 is 7.12 Å². The molecule has 0 bridgehead atoms. The molecule has 0 aliphatic rings. The number of fused-ring (bicyclic) bond motifs is 1. The van der Waals surface area contributed by atoms with Crippen molar-refractivity contribution >= 4 is 23.4 Å². The quantitative estimate of drug-likeness (QED) is 0.709. The maximum Gasteiger partial charge on any atom is 0.488 e. The molecule has 2 N–H and O–H groups in total. The molecule has 0 aliphatic heterocycles. The molecule has 3 aromatic carbocycles. The first-order valence-electron chi connectivity index (χ1n) is 7.23. The predicted molar refractivity (Wildman–Crippen MR) is 88.7 cm³/mol. The molecule has 0 radical (unpaired) electrons. The van der Waals surface area contributed by atoms with Crippen molar-refractivity contribution < 1.29 is 14.8 Å². The van der Waals surface area contributed by atoms with E-state index in [4.69, 9.17) is 14.8 Å². The minimum absolute atomic E-state index is 0.484. The molecule has 0 aliphatic carbocycles. The Morgan fingerprint density at radius 2 is 1.50 bits per heavy atom. The zero-order valence-electron chi connectivity index (χ0n) is 12.1. The maximum absolute atomic E-state index is 9.06. The van der Waals surface area contributed by atoms with Gasteiger partial charge in [-0.15, -0.1) is 0 Å². The van der Waals surface area contributed by atoms with E-state index in [0.717, 1.165) is 5.56 Å². The average molecular weight is 292 g/mol. The lowest BCUT2D eigenvalue weighted by Crippen LogP contribution is -2.29. The van der Waals surface area contributed by atoms with Gasteiger partial charge in [-0.2, -0.15) is 0 Å². The SMILES string of the molecule is OB(O)c1ccc(COCc2cccc3ccccc23)cc1. The molecule has 4 heteroatoms. The average Bonchev–Trinajstić information content (AvgIpc) is 2.55. The van der Waals surface area contributed by atoms with Crippen LogP contribution in [0.15, 0.2) is 66.7 Å². The topological polar surface area (TPSA) is 49.7 Å². The van der Waals surface area contributed by atoms with Gasteiger partial charge in [0, 0.05) is 0 Å². The summed E-state index contributed by atoms with van der Waals surface area (Å²) in [5.41, 5.74) is 2.66. The van der Waals surface area contributed by atoms with Crippen LogP contribution < -0.4 is 5.46 Å². The zero-order chi connectivity index (χ0) is 15.4. The third-order valence-electron chi connectivity index (χ3n) is 3.68. The largest absolute Gasteiger partial charge is 0.488 e. The fourth-order valence-corrected chi connectivity index (χ4v) is 2.48. The third kappa shape index (κ3) is 3.36. The minimum Gasteiger partial charge on any atom is -0.423 e. The Labute approximate surface area is 129 Å². The van der Waals surface area contributed by atoms with E-state index in [1.165, 1.54) is 16.3 Å². The van der Waals surface area contributed by atoms with Crippen LogP contribution in [0, 0.1) is 0 Å². The highest BCUT2D eigenvalue weighted by Crippen LogP contribution is 2.19. The molecule has 110 valence electrons. The van der Waals surface area contributed by atoms with Gasteiger partial charge in [-0.1, -0.05) is 66.7 Å². The van der Waals surface area contributed by atoms with Gasteiger partial charge in [0.2, 0.25) is 0 Å². The van der Waals surface area contributed by atoms with Crippen LogP contribution in [0.2, 0.25) is 0 Å². The first-order valence-corrected chi connectivity index (χ1v) is 7.23. The molecule has 0 aromatic heterocycles. The number of benzene rings is 3. The zero-order valence-corrected chi connectivity index (χ0v) is 12.1. The number of hydrogen-bond acceptors (Lipinski definition) is 3. The van der Waals surface area contributed by atoms with E-state index in [9.17, 15) is 0 Å². The molecule has 0 atom stereocenters. The van der Waals surface area contributed by atoms with Crippen LogP contribution in [-0.4, -0.2) is 17.2 Å². The molecule has 0 amide bonds. The predicted octanol–water partition coefficient (Wildman–Crippen LogP) is 2.24. The van der Waals surface area contributed by atoms with Crippen LogP contribution in [0.5, 0.6) is 0 Å². The van der Waals surface area contributed by atoms with Gasteiger partial charge in [-0.25, -0.2) is 0 Å². The van der Waals surface area contributed by atoms with Crippen molar-refractivity contribution in [2.45, 2.75) is 13.2 Å². The number of rotatable bonds is 5. The van der Waals surface area contributed by atoms with Crippen LogP contribution in [0.3, 0.4) is 0 Å². The number of hydrogen-bond donors (Lipinski definition) is 2. The van der Waals surface area contributed by atoms with Crippen LogP contribution in [-0.2, 0) is 18.0 Å². The fourth-order valence-electron chi connectivity index (χ4n) is 2.48. The Kier molecular flexibility index (Phi) is 4.54. The molecule has 0 saturated heterocycles. The molecule has 22 heavy (non-hydrogen) atoms. The van der Waals surface area contributed by atoms with E-state index < -0.39 is 7.12 Å². The molecule has 0 saturated carbocycles. The fraction of sp³-hybridized carbons (Fsp3) is 0.111. The second-order valence-corrected chi connectivity index (χ2v) is 5.25. The number of ether oxygens (including phenoxy) is 1. The Balaban J connectivity index is 1.65. The summed E-state index contributed by atoms with van der Waals surface area (Å²) < 4.78 is 5.79. The second-order valence-electron chi connectivity index (χ2n) is 5.25. The van der Waals surface area contributed by atoms with E-state index in [0.29, 0.717) is 18.7 Å². The van der Waals surface area contributed by atoms with Crippen LogP contribution >= 0.6 is 0 Å². The van der Waals surface area contributed by atoms with Crippen molar-refractivity contribution in [3.8, 4) is 0 Å². The minimum atomic E-state index is -1.43. The first-order chi connectivity index (χ1) is 10.7. The summed E-state index contributed by atoms with van der Waals surface area (Å²) in [6.45, 7) is 1.04. The van der Waals surface area contributed by atoms with Gasteiger partial charge < -0.3 is 14.8 Å². The van der Waals surface area contributed by atoms with E-state index in [2.05, 4.69) is 24.3 Å². The summed E-state index contributed by atoms with van der Waals surface area (Å²) in [6, 6.07) is 21.6. The summed E-state index contributed by atoms with van der Waals surface area (Å²) in [7, 11) is -1.43.